The Morgan fingerprint density at radius 3 is 2.69 bits per heavy atom. The number of nitrogens with zero attached hydrogens (tertiary/aromatic N) is 3. The maximum absolute atomic E-state index is 9.94. The number of hydrogen-bond donors (Lipinski definition) is 2. The van der Waals surface area contributed by atoms with E-state index in [0.717, 1.165) is 10.0 Å². The van der Waals surface area contributed by atoms with E-state index in [4.69, 9.17) is 21.7 Å². The van der Waals surface area contributed by atoms with Gasteiger partial charge in [-0.15, -0.1) is 0 Å². The molecule has 0 aliphatic carbocycles. The maximum Gasteiger partial charge on any atom is 0.216 e. The van der Waals surface area contributed by atoms with Crippen LogP contribution in [0.4, 0.5) is 0 Å². The molecule has 9 heteroatoms. The molecule has 0 unspecified atom stereocenters. The van der Waals surface area contributed by atoms with E-state index < -0.39 is 0 Å². The topological polar surface area (TPSA) is 84.7 Å². The molecule has 0 saturated heterocycles. The third kappa shape index (κ3) is 3.63. The van der Waals surface area contributed by atoms with Gasteiger partial charge in [-0.3, -0.25) is 0 Å². The number of rotatable bonds is 5. The monoisotopic (exact) mass is 434 g/mol. The summed E-state index contributed by atoms with van der Waals surface area (Å²) in [7, 11) is 3.13. The zero-order chi connectivity index (χ0) is 18.7. The Morgan fingerprint density at radius 1 is 1.19 bits per heavy atom. The number of benzene rings is 2. The third-order valence-electron chi connectivity index (χ3n) is 3.59. The van der Waals surface area contributed by atoms with Crippen LogP contribution in [0.15, 0.2) is 46.0 Å². The van der Waals surface area contributed by atoms with E-state index in [-0.39, 0.29) is 5.75 Å². The zero-order valence-corrected chi connectivity index (χ0v) is 16.3. The van der Waals surface area contributed by atoms with Gasteiger partial charge in [0.15, 0.2) is 17.3 Å². The molecule has 0 aliphatic rings. The standard InChI is InChI=1S/C17H15BrN4O3S/c1-24-14-6-3-10(8-15(14)25-2)16-20-21-17(26)22(16)19-9-11-7-12(18)4-5-13(11)23/h3-9,23H,1-2H3,(H,21,26)/b19-9-. The van der Waals surface area contributed by atoms with Gasteiger partial charge in [-0.25, -0.2) is 5.10 Å². The highest BCUT2D eigenvalue weighted by Gasteiger charge is 2.12. The Morgan fingerprint density at radius 2 is 1.96 bits per heavy atom. The number of H-pyrrole nitrogens is 1. The summed E-state index contributed by atoms with van der Waals surface area (Å²) in [4.78, 5) is 0. The predicted molar refractivity (Wildman–Crippen MR) is 105 cm³/mol. The van der Waals surface area contributed by atoms with Crippen LogP contribution in [-0.4, -0.2) is 40.4 Å². The molecule has 1 heterocycles. The molecule has 0 spiro atoms. The van der Waals surface area contributed by atoms with Crippen molar-refractivity contribution < 1.29 is 14.6 Å². The number of aromatic nitrogens is 3. The molecule has 0 fully saturated rings. The van der Waals surface area contributed by atoms with Crippen LogP contribution in [0.2, 0.25) is 0 Å². The second kappa shape index (κ2) is 7.71. The van der Waals surface area contributed by atoms with Gasteiger partial charge in [-0.05, 0) is 48.6 Å². The Balaban J connectivity index is 2.04. The van der Waals surface area contributed by atoms with Gasteiger partial charge < -0.3 is 14.6 Å². The summed E-state index contributed by atoms with van der Waals surface area (Å²) in [6, 6.07) is 10.5. The molecule has 0 amide bonds. The van der Waals surface area contributed by atoms with Crippen LogP contribution in [-0.2, 0) is 0 Å². The van der Waals surface area contributed by atoms with Crippen LogP contribution in [0.1, 0.15) is 5.56 Å². The van der Waals surface area contributed by atoms with Crippen molar-refractivity contribution in [3.05, 3.63) is 51.2 Å². The van der Waals surface area contributed by atoms with E-state index in [1.54, 1.807) is 44.6 Å². The Labute approximate surface area is 163 Å². The van der Waals surface area contributed by atoms with Gasteiger partial charge in [0, 0.05) is 15.6 Å². The van der Waals surface area contributed by atoms with Gasteiger partial charge in [0.2, 0.25) is 4.77 Å². The van der Waals surface area contributed by atoms with Crippen LogP contribution in [0.5, 0.6) is 17.2 Å². The van der Waals surface area contributed by atoms with Crippen molar-refractivity contribution in [2.75, 3.05) is 14.2 Å². The molecule has 26 heavy (non-hydrogen) atoms. The van der Waals surface area contributed by atoms with Gasteiger partial charge in [-0.2, -0.15) is 14.9 Å². The molecular weight excluding hydrogens is 420 g/mol. The molecular formula is C17H15BrN4O3S. The van der Waals surface area contributed by atoms with E-state index >= 15 is 0 Å². The van der Waals surface area contributed by atoms with E-state index in [1.807, 2.05) is 6.07 Å². The molecule has 0 atom stereocenters. The van der Waals surface area contributed by atoms with Crippen molar-refractivity contribution in [1.29, 1.82) is 0 Å². The zero-order valence-electron chi connectivity index (χ0n) is 13.9. The number of aromatic amines is 1. The molecule has 0 bridgehead atoms. The number of ether oxygens (including phenoxy) is 2. The first-order valence-electron chi connectivity index (χ1n) is 7.46. The van der Waals surface area contributed by atoms with Crippen LogP contribution in [0.25, 0.3) is 11.4 Å². The minimum Gasteiger partial charge on any atom is -0.507 e. The number of halogens is 1. The normalized spacial score (nSPS) is 11.0. The highest BCUT2D eigenvalue weighted by atomic mass is 79.9. The van der Waals surface area contributed by atoms with Crippen molar-refractivity contribution in [1.82, 2.24) is 14.9 Å². The molecule has 3 rings (SSSR count). The minimum atomic E-state index is 0.111. The third-order valence-corrected chi connectivity index (χ3v) is 4.35. The number of aromatic hydroxyl groups is 1. The lowest BCUT2D eigenvalue weighted by atomic mass is 10.2. The second-order valence-corrected chi connectivity index (χ2v) is 6.48. The van der Waals surface area contributed by atoms with Crippen LogP contribution < -0.4 is 9.47 Å². The summed E-state index contributed by atoms with van der Waals surface area (Å²) in [5, 5.41) is 21.3. The fourth-order valence-corrected chi connectivity index (χ4v) is 2.87. The average molecular weight is 435 g/mol. The first kappa shape index (κ1) is 18.2. The maximum atomic E-state index is 9.94. The molecule has 7 nitrogen and oxygen atoms in total. The summed E-state index contributed by atoms with van der Waals surface area (Å²) < 4.78 is 13.2. The fraction of sp³-hybridized carbons (Fsp3) is 0.118. The lowest BCUT2D eigenvalue weighted by Crippen LogP contribution is -1.97. The fourth-order valence-electron chi connectivity index (χ4n) is 2.31. The first-order chi connectivity index (χ1) is 12.5. The highest BCUT2D eigenvalue weighted by Crippen LogP contribution is 2.31. The van der Waals surface area contributed by atoms with Crippen molar-refractivity contribution >= 4 is 34.4 Å². The largest absolute Gasteiger partial charge is 0.507 e. The number of hydrogen-bond acceptors (Lipinski definition) is 6. The predicted octanol–water partition coefficient (Wildman–Crippen LogP) is 3.98. The van der Waals surface area contributed by atoms with Crippen LogP contribution in [0, 0.1) is 4.77 Å². The van der Waals surface area contributed by atoms with Gasteiger partial charge in [-0.1, -0.05) is 15.9 Å². The number of phenolic OH excluding ortho intramolecular Hbond substituents is 1. The van der Waals surface area contributed by atoms with Gasteiger partial charge in [0.25, 0.3) is 0 Å². The molecule has 134 valence electrons. The van der Waals surface area contributed by atoms with Crippen LogP contribution in [0.3, 0.4) is 0 Å². The molecule has 0 radical (unpaired) electrons. The molecule has 1 aromatic heterocycles. The Kier molecular flexibility index (Phi) is 5.38. The average Bonchev–Trinajstić information content (AvgIpc) is 3.02. The van der Waals surface area contributed by atoms with Crippen molar-refractivity contribution in [3.63, 3.8) is 0 Å². The molecule has 3 aromatic rings. The van der Waals surface area contributed by atoms with E-state index in [2.05, 4.69) is 31.2 Å². The van der Waals surface area contributed by atoms with Crippen molar-refractivity contribution in [2.45, 2.75) is 0 Å². The Hall–Kier alpha value is -2.65. The smallest absolute Gasteiger partial charge is 0.216 e. The Bertz CT molecular complexity index is 1030. The number of phenols is 1. The van der Waals surface area contributed by atoms with Gasteiger partial charge in [0.05, 0.1) is 20.4 Å². The summed E-state index contributed by atoms with van der Waals surface area (Å²) in [6.45, 7) is 0. The summed E-state index contributed by atoms with van der Waals surface area (Å²) in [5.74, 6) is 1.79. The quantitative estimate of drug-likeness (QED) is 0.468. The van der Waals surface area contributed by atoms with Crippen molar-refractivity contribution in [3.8, 4) is 28.6 Å². The molecule has 0 aliphatic heterocycles. The number of methoxy groups -OCH3 is 2. The van der Waals surface area contributed by atoms with Crippen LogP contribution >= 0.6 is 28.1 Å². The lowest BCUT2D eigenvalue weighted by molar-refractivity contribution is 0.355. The van der Waals surface area contributed by atoms with Gasteiger partial charge >= 0.3 is 0 Å². The number of nitrogens with one attached hydrogen (secondary N) is 1. The van der Waals surface area contributed by atoms with E-state index in [0.29, 0.717) is 27.7 Å². The molecule has 2 aromatic carbocycles. The van der Waals surface area contributed by atoms with Gasteiger partial charge in [0.1, 0.15) is 5.75 Å². The first-order valence-corrected chi connectivity index (χ1v) is 8.66. The highest BCUT2D eigenvalue weighted by molar-refractivity contribution is 9.10. The molecule has 0 saturated carbocycles. The summed E-state index contributed by atoms with van der Waals surface area (Å²) in [5.41, 5.74) is 1.28. The minimum absolute atomic E-state index is 0.111. The van der Waals surface area contributed by atoms with E-state index in [1.165, 1.54) is 10.9 Å². The summed E-state index contributed by atoms with van der Waals surface area (Å²) >= 11 is 8.63. The van der Waals surface area contributed by atoms with Crippen molar-refractivity contribution in [2.24, 2.45) is 5.10 Å². The lowest BCUT2D eigenvalue weighted by Gasteiger charge is -2.09. The molecule has 2 N–H and O–H groups in total. The second-order valence-electron chi connectivity index (χ2n) is 5.18. The van der Waals surface area contributed by atoms with E-state index in [9.17, 15) is 5.11 Å². The SMILES string of the molecule is COc1ccc(-c2n[nH]c(=S)n2/N=C\c2cc(Br)ccc2O)cc1OC. The summed E-state index contributed by atoms with van der Waals surface area (Å²) in [6.07, 6.45) is 1.51.